The molecular weight excluding hydrogens is 346 g/mol. The Morgan fingerprint density at radius 3 is 2.48 bits per heavy atom. The number of hydrogen-bond acceptors (Lipinski definition) is 6. The number of carbonyl (C=O) groups excluding carboxylic acids is 1. The van der Waals surface area contributed by atoms with Gasteiger partial charge in [0.25, 0.3) is 5.91 Å². The molecule has 1 aliphatic heterocycles. The number of fused-ring (bicyclic) bond motifs is 1. The molecule has 7 heteroatoms. The third-order valence-electron chi connectivity index (χ3n) is 4.08. The lowest BCUT2D eigenvalue weighted by molar-refractivity contribution is -0.112. The van der Waals surface area contributed by atoms with E-state index >= 15 is 0 Å². The summed E-state index contributed by atoms with van der Waals surface area (Å²) in [6, 6.07) is 10.6. The first kappa shape index (κ1) is 18.2. The van der Waals surface area contributed by atoms with Crippen LogP contribution in [-0.4, -0.2) is 43.7 Å². The molecule has 0 saturated heterocycles. The summed E-state index contributed by atoms with van der Waals surface area (Å²) in [4.78, 5) is 14.2. The zero-order valence-corrected chi connectivity index (χ0v) is 15.0. The molecule has 27 heavy (non-hydrogen) atoms. The van der Waals surface area contributed by atoms with Gasteiger partial charge in [0.15, 0.2) is 17.2 Å². The van der Waals surface area contributed by atoms with E-state index in [0.29, 0.717) is 12.1 Å². The van der Waals surface area contributed by atoms with Crippen LogP contribution in [0.25, 0.3) is 0 Å². The average Bonchev–Trinajstić information content (AvgIpc) is 2.95. The maximum Gasteiger partial charge on any atom is 0.279 e. The van der Waals surface area contributed by atoms with Gasteiger partial charge < -0.3 is 19.5 Å². The summed E-state index contributed by atoms with van der Waals surface area (Å²) in [6.07, 6.45) is 3.12. The van der Waals surface area contributed by atoms with Gasteiger partial charge in [-0.2, -0.15) is 5.10 Å². The summed E-state index contributed by atoms with van der Waals surface area (Å²) in [5, 5.41) is 18.1. The van der Waals surface area contributed by atoms with E-state index in [4.69, 9.17) is 9.47 Å². The molecule has 0 fully saturated rings. The van der Waals surface area contributed by atoms with Crippen molar-refractivity contribution in [2.24, 2.45) is 10.2 Å². The highest BCUT2D eigenvalue weighted by molar-refractivity contribution is 6.54. The SMILES string of the molecule is C=CCN1C(=O)/C(=N\N=C\c2cc(OC)c(O)c(OC)c2)c2ccccc21. The molecule has 138 valence electrons. The van der Waals surface area contributed by atoms with Crippen molar-refractivity contribution in [2.75, 3.05) is 25.7 Å². The largest absolute Gasteiger partial charge is 0.502 e. The van der Waals surface area contributed by atoms with Crippen molar-refractivity contribution in [1.29, 1.82) is 0 Å². The second-order valence-electron chi connectivity index (χ2n) is 5.69. The highest BCUT2D eigenvalue weighted by atomic mass is 16.5. The normalized spacial score (nSPS) is 14.7. The van der Waals surface area contributed by atoms with Crippen LogP contribution in [0.4, 0.5) is 5.69 Å². The Balaban J connectivity index is 1.94. The van der Waals surface area contributed by atoms with E-state index in [9.17, 15) is 9.90 Å². The molecule has 0 bridgehead atoms. The molecule has 1 aliphatic rings. The molecule has 3 rings (SSSR count). The number of phenolic OH excluding ortho intramolecular Hbond substituents is 1. The van der Waals surface area contributed by atoms with Crippen molar-refractivity contribution in [3.63, 3.8) is 0 Å². The van der Waals surface area contributed by atoms with Crippen LogP contribution in [0.2, 0.25) is 0 Å². The molecule has 0 radical (unpaired) electrons. The van der Waals surface area contributed by atoms with Gasteiger partial charge in [0.1, 0.15) is 0 Å². The summed E-state index contributed by atoms with van der Waals surface area (Å²) in [6.45, 7) is 4.08. The van der Waals surface area contributed by atoms with E-state index in [0.717, 1.165) is 11.3 Å². The van der Waals surface area contributed by atoms with Gasteiger partial charge >= 0.3 is 0 Å². The van der Waals surface area contributed by atoms with Crippen LogP contribution >= 0.6 is 0 Å². The summed E-state index contributed by atoms with van der Waals surface area (Å²) in [5.41, 5.74) is 2.38. The Kier molecular flexibility index (Phi) is 5.21. The maximum atomic E-state index is 12.6. The lowest BCUT2D eigenvalue weighted by Gasteiger charge is -2.13. The number of rotatable bonds is 6. The number of aromatic hydroxyl groups is 1. The fourth-order valence-electron chi connectivity index (χ4n) is 2.81. The summed E-state index contributed by atoms with van der Waals surface area (Å²) in [7, 11) is 2.88. The highest BCUT2D eigenvalue weighted by Gasteiger charge is 2.32. The van der Waals surface area contributed by atoms with Crippen molar-refractivity contribution in [3.8, 4) is 17.2 Å². The van der Waals surface area contributed by atoms with Crippen LogP contribution in [0.15, 0.2) is 59.3 Å². The van der Waals surface area contributed by atoms with Gasteiger partial charge in [-0.3, -0.25) is 4.79 Å². The first-order valence-electron chi connectivity index (χ1n) is 8.18. The molecule has 0 saturated carbocycles. The predicted octanol–water partition coefficient (Wildman–Crippen LogP) is 2.77. The highest BCUT2D eigenvalue weighted by Crippen LogP contribution is 2.36. The van der Waals surface area contributed by atoms with E-state index in [-0.39, 0.29) is 28.9 Å². The minimum atomic E-state index is -0.228. The third kappa shape index (κ3) is 3.39. The van der Waals surface area contributed by atoms with E-state index in [1.54, 1.807) is 23.1 Å². The van der Waals surface area contributed by atoms with Crippen molar-refractivity contribution in [1.82, 2.24) is 0 Å². The monoisotopic (exact) mass is 365 g/mol. The third-order valence-corrected chi connectivity index (χ3v) is 4.08. The lowest BCUT2D eigenvalue weighted by Crippen LogP contribution is -2.30. The number of methoxy groups -OCH3 is 2. The van der Waals surface area contributed by atoms with Crippen LogP contribution in [0.1, 0.15) is 11.1 Å². The quantitative estimate of drug-likeness (QED) is 0.485. The molecule has 1 amide bonds. The maximum absolute atomic E-state index is 12.6. The standard InChI is InChI=1S/C20H19N3O4/c1-4-9-23-15-8-6-5-7-14(15)18(20(23)25)22-21-12-13-10-16(26-2)19(24)17(11-13)27-3/h4-8,10-12,24H,1,9H2,2-3H3/b21-12+,22-18-. The minimum Gasteiger partial charge on any atom is -0.502 e. The Labute approximate surface area is 156 Å². The minimum absolute atomic E-state index is 0.0940. The second kappa shape index (κ2) is 7.74. The van der Waals surface area contributed by atoms with Gasteiger partial charge in [0, 0.05) is 17.7 Å². The van der Waals surface area contributed by atoms with Crippen LogP contribution in [0.3, 0.4) is 0 Å². The smallest absolute Gasteiger partial charge is 0.279 e. The fraction of sp³-hybridized carbons (Fsp3) is 0.150. The first-order valence-corrected chi connectivity index (χ1v) is 8.18. The van der Waals surface area contributed by atoms with Gasteiger partial charge in [-0.25, -0.2) is 0 Å². The molecule has 0 aliphatic carbocycles. The Morgan fingerprint density at radius 2 is 1.85 bits per heavy atom. The van der Waals surface area contributed by atoms with Crippen molar-refractivity contribution < 1.29 is 19.4 Å². The molecule has 0 spiro atoms. The lowest BCUT2D eigenvalue weighted by atomic mass is 10.1. The van der Waals surface area contributed by atoms with Gasteiger partial charge in [-0.05, 0) is 18.2 Å². The molecule has 0 aromatic heterocycles. The molecule has 2 aromatic rings. The second-order valence-corrected chi connectivity index (χ2v) is 5.69. The summed E-state index contributed by atoms with van der Waals surface area (Å²) < 4.78 is 10.2. The zero-order chi connectivity index (χ0) is 19.4. The number of carbonyl (C=O) groups is 1. The molecular formula is C20H19N3O4. The first-order chi connectivity index (χ1) is 13.1. The molecule has 7 nitrogen and oxygen atoms in total. The summed E-state index contributed by atoms with van der Waals surface area (Å²) >= 11 is 0. The number of hydrogen-bond donors (Lipinski definition) is 1. The Bertz CT molecular complexity index is 925. The van der Waals surface area contributed by atoms with Gasteiger partial charge in [-0.1, -0.05) is 24.3 Å². The van der Waals surface area contributed by atoms with Crippen LogP contribution in [0.5, 0.6) is 17.2 Å². The van der Waals surface area contributed by atoms with Gasteiger partial charge in [0.05, 0.1) is 26.1 Å². The Hall–Kier alpha value is -3.61. The van der Waals surface area contributed by atoms with Gasteiger partial charge in [-0.15, -0.1) is 11.7 Å². The molecule has 1 heterocycles. The number of phenols is 1. The molecule has 1 N–H and O–H groups in total. The van der Waals surface area contributed by atoms with Crippen LogP contribution in [0, 0.1) is 0 Å². The van der Waals surface area contributed by atoms with Crippen molar-refractivity contribution >= 4 is 23.5 Å². The van der Waals surface area contributed by atoms with Gasteiger partial charge in [0.2, 0.25) is 5.75 Å². The average molecular weight is 365 g/mol. The van der Waals surface area contributed by atoms with Crippen LogP contribution in [-0.2, 0) is 4.79 Å². The number of amides is 1. The predicted molar refractivity (Wildman–Crippen MR) is 104 cm³/mol. The molecule has 0 unspecified atom stereocenters. The number of nitrogens with zero attached hydrogens (tertiary/aromatic N) is 3. The summed E-state index contributed by atoms with van der Waals surface area (Å²) in [5.74, 6) is 0.184. The Morgan fingerprint density at radius 1 is 1.19 bits per heavy atom. The van der Waals surface area contributed by atoms with E-state index in [2.05, 4.69) is 16.8 Å². The van der Waals surface area contributed by atoms with E-state index in [1.165, 1.54) is 20.4 Å². The topological polar surface area (TPSA) is 83.7 Å². The fourth-order valence-corrected chi connectivity index (χ4v) is 2.81. The number of anilines is 1. The number of para-hydroxylation sites is 1. The van der Waals surface area contributed by atoms with Crippen molar-refractivity contribution in [3.05, 3.63) is 60.2 Å². The van der Waals surface area contributed by atoms with Crippen molar-refractivity contribution in [2.45, 2.75) is 0 Å². The number of ether oxygens (including phenoxy) is 2. The molecule has 2 aromatic carbocycles. The zero-order valence-electron chi connectivity index (χ0n) is 15.0. The molecule has 0 atom stereocenters. The van der Waals surface area contributed by atoms with Crippen LogP contribution < -0.4 is 14.4 Å². The van der Waals surface area contributed by atoms with E-state index < -0.39 is 0 Å². The number of benzene rings is 2. The van der Waals surface area contributed by atoms with E-state index in [1.807, 2.05) is 24.3 Å².